The fourth-order valence-corrected chi connectivity index (χ4v) is 4.22. The topological polar surface area (TPSA) is 55.4 Å². The SMILES string of the molecule is COCc1ccccc1NS(=O)(=O)c1ccc(C)cc1Br. The molecule has 0 fully saturated rings. The van der Waals surface area contributed by atoms with Crippen LogP contribution >= 0.6 is 15.9 Å². The maximum absolute atomic E-state index is 12.5. The molecule has 0 bridgehead atoms. The lowest BCUT2D eigenvalue weighted by molar-refractivity contribution is 0.185. The molecule has 21 heavy (non-hydrogen) atoms. The maximum Gasteiger partial charge on any atom is 0.263 e. The number of sulfonamides is 1. The fraction of sp³-hybridized carbons (Fsp3) is 0.200. The molecule has 0 spiro atoms. The number of hydrogen-bond acceptors (Lipinski definition) is 3. The summed E-state index contributed by atoms with van der Waals surface area (Å²) in [5, 5.41) is 0. The van der Waals surface area contributed by atoms with Gasteiger partial charge in [0.05, 0.1) is 12.3 Å². The molecular formula is C15H16BrNO3S. The van der Waals surface area contributed by atoms with Crippen molar-refractivity contribution in [3.8, 4) is 0 Å². The molecule has 0 aliphatic heterocycles. The third-order valence-electron chi connectivity index (χ3n) is 2.94. The number of halogens is 1. The smallest absolute Gasteiger partial charge is 0.263 e. The second kappa shape index (κ2) is 6.60. The normalized spacial score (nSPS) is 11.4. The van der Waals surface area contributed by atoms with Crippen LogP contribution in [0.3, 0.4) is 0 Å². The number of ether oxygens (including phenoxy) is 1. The summed E-state index contributed by atoms with van der Waals surface area (Å²) in [6.45, 7) is 2.25. The molecule has 0 aliphatic rings. The highest BCUT2D eigenvalue weighted by Crippen LogP contribution is 2.26. The minimum absolute atomic E-state index is 0.209. The molecule has 2 aromatic rings. The first-order valence-electron chi connectivity index (χ1n) is 6.30. The van der Waals surface area contributed by atoms with E-state index in [1.807, 2.05) is 19.1 Å². The second-order valence-corrected chi connectivity index (χ2v) is 7.13. The Kier molecular flexibility index (Phi) is 5.03. The van der Waals surface area contributed by atoms with Crippen molar-refractivity contribution in [2.75, 3.05) is 11.8 Å². The number of para-hydroxylation sites is 1. The highest BCUT2D eigenvalue weighted by atomic mass is 79.9. The van der Waals surface area contributed by atoms with Crippen molar-refractivity contribution in [3.05, 3.63) is 58.1 Å². The molecule has 0 aromatic heterocycles. The monoisotopic (exact) mass is 369 g/mol. The molecule has 0 saturated carbocycles. The van der Waals surface area contributed by atoms with E-state index in [0.29, 0.717) is 16.8 Å². The Labute approximate surface area is 133 Å². The first-order valence-corrected chi connectivity index (χ1v) is 8.57. The third-order valence-corrected chi connectivity index (χ3v) is 5.28. The van der Waals surface area contributed by atoms with Gasteiger partial charge in [-0.1, -0.05) is 24.3 Å². The van der Waals surface area contributed by atoms with Crippen molar-refractivity contribution in [2.45, 2.75) is 18.4 Å². The van der Waals surface area contributed by atoms with E-state index >= 15 is 0 Å². The lowest BCUT2D eigenvalue weighted by Crippen LogP contribution is -2.15. The van der Waals surface area contributed by atoms with Crippen LogP contribution in [0.1, 0.15) is 11.1 Å². The quantitative estimate of drug-likeness (QED) is 0.873. The molecule has 2 aromatic carbocycles. The van der Waals surface area contributed by atoms with Crippen LogP contribution in [0.5, 0.6) is 0 Å². The second-order valence-electron chi connectivity index (χ2n) is 4.63. The van der Waals surface area contributed by atoms with Crippen LogP contribution in [-0.2, 0) is 21.4 Å². The number of anilines is 1. The number of rotatable bonds is 5. The van der Waals surface area contributed by atoms with Crippen LogP contribution in [0.4, 0.5) is 5.69 Å². The molecule has 4 nitrogen and oxygen atoms in total. The lowest BCUT2D eigenvalue weighted by Gasteiger charge is -2.13. The van der Waals surface area contributed by atoms with Gasteiger partial charge < -0.3 is 4.74 Å². The summed E-state index contributed by atoms with van der Waals surface area (Å²) in [4.78, 5) is 0.209. The third kappa shape index (κ3) is 3.84. The van der Waals surface area contributed by atoms with Gasteiger partial charge in [0.25, 0.3) is 10.0 Å². The molecule has 6 heteroatoms. The Morgan fingerprint density at radius 1 is 1.19 bits per heavy atom. The Balaban J connectivity index is 2.38. The highest BCUT2D eigenvalue weighted by Gasteiger charge is 2.18. The van der Waals surface area contributed by atoms with Gasteiger partial charge in [0.15, 0.2) is 0 Å². The molecule has 0 atom stereocenters. The van der Waals surface area contributed by atoms with E-state index < -0.39 is 10.0 Å². The number of aryl methyl sites for hydroxylation is 1. The van der Waals surface area contributed by atoms with E-state index in [1.54, 1.807) is 37.4 Å². The summed E-state index contributed by atoms with van der Waals surface area (Å²) in [6.07, 6.45) is 0. The number of nitrogens with one attached hydrogen (secondary N) is 1. The molecule has 0 aliphatic carbocycles. The Hall–Kier alpha value is -1.37. The molecule has 0 unspecified atom stereocenters. The van der Waals surface area contributed by atoms with Crippen molar-refractivity contribution < 1.29 is 13.2 Å². The van der Waals surface area contributed by atoms with Crippen LogP contribution in [0.15, 0.2) is 51.8 Å². The molecule has 0 heterocycles. The van der Waals surface area contributed by atoms with Gasteiger partial charge in [-0.3, -0.25) is 4.72 Å². The summed E-state index contributed by atoms with van der Waals surface area (Å²) in [5.41, 5.74) is 2.29. The van der Waals surface area contributed by atoms with Gasteiger partial charge in [0, 0.05) is 17.1 Å². The van der Waals surface area contributed by atoms with Crippen LogP contribution in [0, 0.1) is 6.92 Å². The average Bonchev–Trinajstić information content (AvgIpc) is 2.40. The van der Waals surface area contributed by atoms with Crippen LogP contribution in [-0.4, -0.2) is 15.5 Å². The zero-order chi connectivity index (χ0) is 15.5. The van der Waals surface area contributed by atoms with E-state index in [4.69, 9.17) is 4.74 Å². The molecule has 0 saturated heterocycles. The van der Waals surface area contributed by atoms with Crippen molar-refractivity contribution in [1.82, 2.24) is 0 Å². The van der Waals surface area contributed by atoms with Crippen molar-refractivity contribution in [2.24, 2.45) is 0 Å². The van der Waals surface area contributed by atoms with Gasteiger partial charge in [-0.2, -0.15) is 0 Å². The van der Waals surface area contributed by atoms with Gasteiger partial charge in [-0.25, -0.2) is 8.42 Å². The first-order chi connectivity index (χ1) is 9.94. The summed E-state index contributed by atoms with van der Waals surface area (Å²) in [6, 6.07) is 12.3. The van der Waals surface area contributed by atoms with E-state index in [0.717, 1.165) is 11.1 Å². The van der Waals surface area contributed by atoms with Crippen LogP contribution in [0.25, 0.3) is 0 Å². The van der Waals surface area contributed by atoms with Gasteiger partial charge in [-0.15, -0.1) is 0 Å². The van der Waals surface area contributed by atoms with Gasteiger partial charge in [0.2, 0.25) is 0 Å². The standard InChI is InChI=1S/C15H16BrNO3S/c1-11-7-8-15(13(16)9-11)21(18,19)17-14-6-4-3-5-12(14)10-20-2/h3-9,17H,10H2,1-2H3. The Bertz CT molecular complexity index is 744. The minimum atomic E-state index is -3.65. The zero-order valence-corrected chi connectivity index (χ0v) is 14.2. The number of methoxy groups -OCH3 is 1. The molecule has 0 amide bonds. The van der Waals surface area contributed by atoms with E-state index in [9.17, 15) is 8.42 Å². The van der Waals surface area contributed by atoms with Crippen molar-refractivity contribution in [3.63, 3.8) is 0 Å². The van der Waals surface area contributed by atoms with Gasteiger partial charge in [-0.05, 0) is 46.6 Å². The maximum atomic E-state index is 12.5. The summed E-state index contributed by atoms with van der Waals surface area (Å²) < 4.78 is 33.3. The summed E-state index contributed by atoms with van der Waals surface area (Å²) in [7, 11) is -2.08. The Morgan fingerprint density at radius 3 is 2.57 bits per heavy atom. The lowest BCUT2D eigenvalue weighted by atomic mass is 10.2. The molecule has 0 radical (unpaired) electrons. The van der Waals surface area contributed by atoms with Gasteiger partial charge in [0.1, 0.15) is 4.90 Å². The first kappa shape index (κ1) is 16.0. The van der Waals surface area contributed by atoms with Crippen molar-refractivity contribution in [1.29, 1.82) is 0 Å². The zero-order valence-electron chi connectivity index (χ0n) is 11.8. The summed E-state index contributed by atoms with van der Waals surface area (Å²) in [5.74, 6) is 0. The fourth-order valence-electron chi connectivity index (χ4n) is 1.92. The summed E-state index contributed by atoms with van der Waals surface area (Å²) >= 11 is 3.30. The highest BCUT2D eigenvalue weighted by molar-refractivity contribution is 9.10. The number of benzene rings is 2. The number of hydrogen-bond donors (Lipinski definition) is 1. The molecular weight excluding hydrogens is 354 g/mol. The van der Waals surface area contributed by atoms with Crippen molar-refractivity contribution >= 4 is 31.6 Å². The van der Waals surface area contributed by atoms with Crippen LogP contribution < -0.4 is 4.72 Å². The van der Waals surface area contributed by atoms with Crippen LogP contribution in [0.2, 0.25) is 0 Å². The van der Waals surface area contributed by atoms with E-state index in [-0.39, 0.29) is 4.90 Å². The van der Waals surface area contributed by atoms with E-state index in [1.165, 1.54) is 0 Å². The predicted molar refractivity (Wildman–Crippen MR) is 86.8 cm³/mol. The molecule has 112 valence electrons. The van der Waals surface area contributed by atoms with E-state index in [2.05, 4.69) is 20.7 Å². The minimum Gasteiger partial charge on any atom is -0.380 e. The largest absolute Gasteiger partial charge is 0.380 e. The molecule has 1 N–H and O–H groups in total. The Morgan fingerprint density at radius 2 is 1.90 bits per heavy atom. The predicted octanol–water partition coefficient (Wildman–Crippen LogP) is 3.70. The van der Waals surface area contributed by atoms with Gasteiger partial charge >= 0.3 is 0 Å². The molecule has 2 rings (SSSR count). The average molecular weight is 370 g/mol.